The molecule has 1 fully saturated rings. The number of rotatable bonds is 8. The highest BCUT2D eigenvalue weighted by molar-refractivity contribution is 6.30. The predicted octanol–water partition coefficient (Wildman–Crippen LogP) is 4.77. The van der Waals surface area contributed by atoms with Gasteiger partial charge in [0.1, 0.15) is 23.4 Å². The molecule has 0 aromatic heterocycles. The van der Waals surface area contributed by atoms with Crippen LogP contribution in [0, 0.1) is 6.92 Å². The number of alkyl halides is 1. The second-order valence-corrected chi connectivity index (χ2v) is 8.36. The maximum Gasteiger partial charge on any atom is 0.248 e. The van der Waals surface area contributed by atoms with Crippen LogP contribution in [-0.4, -0.2) is 38.0 Å². The van der Waals surface area contributed by atoms with Gasteiger partial charge in [-0.05, 0) is 55.2 Å². The van der Waals surface area contributed by atoms with E-state index in [4.69, 9.17) is 21.1 Å². The number of anilines is 1. The molecule has 2 aromatic rings. The van der Waals surface area contributed by atoms with E-state index in [1.807, 2.05) is 19.1 Å². The first-order valence-corrected chi connectivity index (χ1v) is 11.5. The number of nitrogens with zero attached hydrogens (tertiary/aromatic N) is 1. The fraction of sp³-hybridized carbons (Fsp3) is 0.440. The molecule has 0 radical (unpaired) electrons. The molecular weight excluding hydrogens is 428 g/mol. The van der Waals surface area contributed by atoms with Crippen molar-refractivity contribution in [1.29, 1.82) is 0 Å². The summed E-state index contributed by atoms with van der Waals surface area (Å²) in [4.78, 5) is 28.3. The molecule has 3 rings (SSSR count). The van der Waals surface area contributed by atoms with Crippen molar-refractivity contribution in [3.63, 3.8) is 0 Å². The van der Waals surface area contributed by atoms with E-state index in [1.54, 1.807) is 44.6 Å². The van der Waals surface area contributed by atoms with Crippen molar-refractivity contribution in [2.45, 2.75) is 51.1 Å². The number of amides is 2. The van der Waals surface area contributed by atoms with Crippen molar-refractivity contribution < 1.29 is 19.1 Å². The highest BCUT2D eigenvalue weighted by Crippen LogP contribution is 2.36. The van der Waals surface area contributed by atoms with E-state index in [9.17, 15) is 9.59 Å². The Bertz CT molecular complexity index is 926. The van der Waals surface area contributed by atoms with Gasteiger partial charge in [-0.3, -0.25) is 14.5 Å². The minimum absolute atomic E-state index is 0.101. The molecular formula is C25H31ClN2O4. The van der Waals surface area contributed by atoms with E-state index >= 15 is 0 Å². The molecule has 1 aliphatic rings. The lowest BCUT2D eigenvalue weighted by Crippen LogP contribution is -2.47. The average Bonchev–Trinajstić information content (AvgIpc) is 2.82. The van der Waals surface area contributed by atoms with Gasteiger partial charge in [0, 0.05) is 6.04 Å². The molecule has 7 heteroatoms. The van der Waals surface area contributed by atoms with Crippen LogP contribution in [0.5, 0.6) is 11.5 Å². The molecule has 2 aromatic carbocycles. The highest BCUT2D eigenvalue weighted by Gasteiger charge is 2.35. The molecule has 0 bridgehead atoms. The molecule has 6 nitrogen and oxygen atoms in total. The first-order chi connectivity index (χ1) is 15.5. The summed E-state index contributed by atoms with van der Waals surface area (Å²) in [6.45, 7) is 1.93. The van der Waals surface area contributed by atoms with Crippen LogP contribution in [0.15, 0.2) is 42.5 Å². The molecule has 32 heavy (non-hydrogen) atoms. The number of hydrogen-bond acceptors (Lipinski definition) is 4. The smallest absolute Gasteiger partial charge is 0.248 e. The number of aryl methyl sites for hydroxylation is 1. The number of methoxy groups -OCH3 is 2. The standard InChI is InChI=1S/C25H31ClN2O4/c1-17-9-14-22(32-3)21(15-17)28(23(29)16-26)24(18-10-12-20(31-2)13-11-18)25(30)27-19-7-5-4-6-8-19/h9-15,19,24H,4-8,16H2,1-3H3,(H,27,30)/t24-/m1/s1. The largest absolute Gasteiger partial charge is 0.497 e. The molecule has 172 valence electrons. The van der Waals surface area contributed by atoms with E-state index in [0.717, 1.165) is 31.2 Å². The van der Waals surface area contributed by atoms with Crippen molar-refractivity contribution in [1.82, 2.24) is 5.32 Å². The fourth-order valence-corrected chi connectivity index (χ4v) is 4.33. The van der Waals surface area contributed by atoms with Gasteiger partial charge >= 0.3 is 0 Å². The van der Waals surface area contributed by atoms with Crippen LogP contribution < -0.4 is 19.7 Å². The normalized spacial score (nSPS) is 15.0. The van der Waals surface area contributed by atoms with Crippen LogP contribution in [0.1, 0.15) is 49.3 Å². The van der Waals surface area contributed by atoms with Crippen LogP contribution >= 0.6 is 11.6 Å². The Morgan fingerprint density at radius 3 is 2.34 bits per heavy atom. The molecule has 1 N–H and O–H groups in total. The van der Waals surface area contributed by atoms with Crippen molar-refractivity contribution in [3.8, 4) is 11.5 Å². The van der Waals surface area contributed by atoms with Crippen LogP contribution in [0.4, 0.5) is 5.69 Å². The summed E-state index contributed by atoms with van der Waals surface area (Å²) < 4.78 is 10.8. The fourth-order valence-electron chi connectivity index (χ4n) is 4.20. The highest BCUT2D eigenvalue weighted by atomic mass is 35.5. The molecule has 0 unspecified atom stereocenters. The van der Waals surface area contributed by atoms with Crippen molar-refractivity contribution in [2.24, 2.45) is 0 Å². The van der Waals surface area contributed by atoms with Gasteiger partial charge in [-0.15, -0.1) is 11.6 Å². The molecule has 0 saturated heterocycles. The minimum Gasteiger partial charge on any atom is -0.497 e. The van der Waals surface area contributed by atoms with Crippen LogP contribution in [0.3, 0.4) is 0 Å². The Balaban J connectivity index is 2.09. The summed E-state index contributed by atoms with van der Waals surface area (Å²) in [5.41, 5.74) is 2.12. The Hall–Kier alpha value is -2.73. The Kier molecular flexibility index (Phi) is 8.39. The van der Waals surface area contributed by atoms with Crippen molar-refractivity contribution in [3.05, 3.63) is 53.6 Å². The number of carbonyl (C=O) groups is 2. The van der Waals surface area contributed by atoms with Gasteiger partial charge in [0.25, 0.3) is 0 Å². The number of benzene rings is 2. The van der Waals surface area contributed by atoms with Crippen LogP contribution in [0.25, 0.3) is 0 Å². The molecule has 0 spiro atoms. The van der Waals surface area contributed by atoms with E-state index in [-0.39, 0.29) is 23.7 Å². The lowest BCUT2D eigenvalue weighted by atomic mass is 9.94. The zero-order chi connectivity index (χ0) is 23.1. The van der Waals surface area contributed by atoms with Gasteiger partial charge in [0.2, 0.25) is 11.8 Å². The number of nitrogens with one attached hydrogen (secondary N) is 1. The van der Waals surface area contributed by atoms with E-state index in [0.29, 0.717) is 22.7 Å². The lowest BCUT2D eigenvalue weighted by Gasteiger charge is -2.34. The van der Waals surface area contributed by atoms with Gasteiger partial charge < -0.3 is 14.8 Å². The Morgan fingerprint density at radius 1 is 1.06 bits per heavy atom. The second kappa shape index (κ2) is 11.2. The molecule has 0 heterocycles. The topological polar surface area (TPSA) is 67.9 Å². The van der Waals surface area contributed by atoms with Gasteiger partial charge in [0.05, 0.1) is 19.9 Å². The summed E-state index contributed by atoms with van der Waals surface area (Å²) in [5.74, 6) is 0.293. The SMILES string of the molecule is COc1ccc([C@H](C(=O)NC2CCCCC2)N(C(=O)CCl)c2cc(C)ccc2OC)cc1. The molecule has 0 aliphatic heterocycles. The third-order valence-corrected chi connectivity index (χ3v) is 6.10. The number of halogens is 1. The van der Waals surface area contributed by atoms with Crippen LogP contribution in [0.2, 0.25) is 0 Å². The summed E-state index contributed by atoms with van der Waals surface area (Å²) in [6, 6.07) is 11.9. The summed E-state index contributed by atoms with van der Waals surface area (Å²) in [6.07, 6.45) is 5.25. The van der Waals surface area contributed by atoms with E-state index in [2.05, 4.69) is 5.32 Å². The number of ether oxygens (including phenoxy) is 2. The third-order valence-electron chi connectivity index (χ3n) is 5.87. The van der Waals surface area contributed by atoms with Gasteiger partial charge in [0.15, 0.2) is 0 Å². The summed E-state index contributed by atoms with van der Waals surface area (Å²) in [5, 5.41) is 3.18. The maximum atomic E-state index is 13.7. The van der Waals surface area contributed by atoms with Gasteiger partial charge in [-0.25, -0.2) is 0 Å². The average molecular weight is 459 g/mol. The molecule has 1 saturated carbocycles. The zero-order valence-electron chi connectivity index (χ0n) is 18.9. The Morgan fingerprint density at radius 2 is 1.75 bits per heavy atom. The minimum atomic E-state index is -0.898. The van der Waals surface area contributed by atoms with E-state index in [1.165, 1.54) is 11.3 Å². The second-order valence-electron chi connectivity index (χ2n) is 8.09. The quantitative estimate of drug-likeness (QED) is 0.578. The van der Waals surface area contributed by atoms with Gasteiger partial charge in [-0.1, -0.05) is 37.5 Å². The monoisotopic (exact) mass is 458 g/mol. The first-order valence-electron chi connectivity index (χ1n) is 11.0. The van der Waals surface area contributed by atoms with Gasteiger partial charge in [-0.2, -0.15) is 0 Å². The predicted molar refractivity (Wildman–Crippen MR) is 127 cm³/mol. The van der Waals surface area contributed by atoms with E-state index < -0.39 is 6.04 Å². The molecule has 2 amide bonds. The molecule has 1 aliphatic carbocycles. The maximum absolute atomic E-state index is 13.7. The third kappa shape index (κ3) is 5.54. The zero-order valence-corrected chi connectivity index (χ0v) is 19.7. The van der Waals surface area contributed by atoms with Crippen LogP contribution in [-0.2, 0) is 9.59 Å². The Labute approximate surface area is 194 Å². The van der Waals surface area contributed by atoms with Crippen molar-refractivity contribution in [2.75, 3.05) is 25.0 Å². The number of hydrogen-bond donors (Lipinski definition) is 1. The lowest BCUT2D eigenvalue weighted by molar-refractivity contribution is -0.126. The summed E-state index contributed by atoms with van der Waals surface area (Å²) in [7, 11) is 3.13. The van der Waals surface area contributed by atoms with Crippen molar-refractivity contribution >= 4 is 29.1 Å². The first kappa shape index (κ1) is 23.9. The molecule has 1 atom stereocenters. The summed E-state index contributed by atoms with van der Waals surface area (Å²) >= 11 is 6.02. The number of carbonyl (C=O) groups excluding carboxylic acids is 2.